The summed E-state index contributed by atoms with van der Waals surface area (Å²) >= 11 is 0. The minimum Gasteiger partial charge on any atom is -0.369 e. The highest BCUT2D eigenvalue weighted by Crippen LogP contribution is 2.63. The van der Waals surface area contributed by atoms with Gasteiger partial charge in [-0.1, -0.05) is 48.5 Å². The average Bonchev–Trinajstić information content (AvgIpc) is 3.60. The predicted octanol–water partition coefficient (Wildman–Crippen LogP) is 7.54. The Bertz CT molecular complexity index is 1470. The fourth-order valence-electron chi connectivity index (χ4n) is 7.31. The molecule has 0 radical (unpaired) electrons. The minimum absolute atomic E-state index is 0.0113. The highest BCUT2D eigenvalue weighted by Gasteiger charge is 2.47. The van der Waals surface area contributed by atoms with Gasteiger partial charge in [-0.3, -0.25) is 10.1 Å². The van der Waals surface area contributed by atoms with E-state index in [0.717, 1.165) is 18.4 Å². The molecule has 4 aliphatic carbocycles. The molecule has 0 aromatic heterocycles. The lowest BCUT2D eigenvalue weighted by Gasteiger charge is -2.32. The zero-order valence-corrected chi connectivity index (χ0v) is 20.5. The Kier molecular flexibility index (Phi) is 5.00. The number of nitro groups is 1. The number of benzene rings is 3. The number of fused-ring (bicyclic) bond motifs is 7. The molecule has 3 aromatic carbocycles. The van der Waals surface area contributed by atoms with E-state index in [-0.39, 0.29) is 16.7 Å². The molecule has 0 aliphatic heterocycles. The molecule has 36 heavy (non-hydrogen) atoms. The van der Waals surface area contributed by atoms with Crippen LogP contribution in [0.25, 0.3) is 16.7 Å². The topological polar surface area (TPSA) is 52.4 Å². The van der Waals surface area contributed by atoms with Gasteiger partial charge in [0.25, 0.3) is 5.69 Å². The number of non-ortho nitro benzene ring substituents is 1. The standard InChI is InChI=1S/C32H29NO3/c1-19-6-5-9-21-12-15-27(36-18-20-7-3-2-4-8-20)32(28(19)21)31-25-14-13-24(33(34)35)17-26(25)29-22-10-11-23(16-22)30(29)31/h2-9,13-14,17,22-23,27H,10-12,15-16,18H2,1H3/b32-31-/t22-,23+,27+/m1/s1. The normalized spacial score (nSPS) is 25.6. The molecule has 0 unspecified atom stereocenters. The van der Waals surface area contributed by atoms with Crippen molar-refractivity contribution in [3.05, 3.63) is 116 Å². The molecule has 0 N–H and O–H groups in total. The molecule has 180 valence electrons. The fraction of sp³-hybridized carbons (Fsp3) is 0.312. The van der Waals surface area contributed by atoms with E-state index in [4.69, 9.17) is 4.74 Å². The second-order valence-electron chi connectivity index (χ2n) is 10.7. The van der Waals surface area contributed by atoms with Crippen molar-refractivity contribution in [1.29, 1.82) is 0 Å². The summed E-state index contributed by atoms with van der Waals surface area (Å²) in [6.45, 7) is 2.79. The van der Waals surface area contributed by atoms with Crippen LogP contribution in [0.4, 0.5) is 5.69 Å². The predicted molar refractivity (Wildman–Crippen MR) is 142 cm³/mol. The molecule has 3 atom stereocenters. The van der Waals surface area contributed by atoms with E-state index in [0.29, 0.717) is 18.4 Å². The van der Waals surface area contributed by atoms with Crippen LogP contribution in [0.15, 0.2) is 72.3 Å². The first-order valence-electron chi connectivity index (χ1n) is 13.1. The summed E-state index contributed by atoms with van der Waals surface area (Å²) in [5.41, 5.74) is 13.1. The first-order valence-corrected chi connectivity index (χ1v) is 13.1. The van der Waals surface area contributed by atoms with Crippen LogP contribution < -0.4 is 0 Å². The average molecular weight is 476 g/mol. The summed E-state index contributed by atoms with van der Waals surface area (Å²) in [7, 11) is 0. The number of nitrogens with zero attached hydrogens (tertiary/aromatic N) is 1. The molecule has 0 saturated heterocycles. The third-order valence-corrected chi connectivity index (χ3v) is 8.77. The summed E-state index contributed by atoms with van der Waals surface area (Å²) in [6, 6.07) is 22.6. The zero-order valence-electron chi connectivity index (χ0n) is 20.5. The highest BCUT2D eigenvalue weighted by molar-refractivity contribution is 6.12. The molecule has 1 fully saturated rings. The fourth-order valence-corrected chi connectivity index (χ4v) is 7.31. The first-order chi connectivity index (χ1) is 17.6. The summed E-state index contributed by atoms with van der Waals surface area (Å²) in [6.07, 6.45) is 5.52. The van der Waals surface area contributed by atoms with Gasteiger partial charge in [-0.05, 0) is 113 Å². The molecule has 4 heteroatoms. The maximum absolute atomic E-state index is 11.7. The van der Waals surface area contributed by atoms with Crippen molar-refractivity contribution < 1.29 is 9.66 Å². The summed E-state index contributed by atoms with van der Waals surface area (Å²) < 4.78 is 6.72. The molecule has 7 rings (SSSR count). The van der Waals surface area contributed by atoms with Crippen molar-refractivity contribution in [2.75, 3.05) is 0 Å². The van der Waals surface area contributed by atoms with Crippen molar-refractivity contribution in [3.63, 3.8) is 0 Å². The highest BCUT2D eigenvalue weighted by atomic mass is 16.6. The SMILES string of the molecule is Cc1cccc2c1/C(=C1\C3=C(c4cc([N+](=O)[O-])ccc41)[C@@H]1CC[C@H]3C1)[C@@H](OCc1ccccc1)CC2. The number of hydrogen-bond donors (Lipinski definition) is 0. The van der Waals surface area contributed by atoms with E-state index >= 15 is 0 Å². The minimum atomic E-state index is -0.259. The van der Waals surface area contributed by atoms with Crippen molar-refractivity contribution in [3.8, 4) is 0 Å². The number of rotatable bonds is 4. The number of ether oxygens (including phenoxy) is 1. The van der Waals surface area contributed by atoms with E-state index in [1.54, 1.807) is 6.07 Å². The van der Waals surface area contributed by atoms with Crippen LogP contribution in [0.5, 0.6) is 0 Å². The molecule has 2 bridgehead atoms. The lowest BCUT2D eigenvalue weighted by Crippen LogP contribution is -2.24. The summed E-state index contributed by atoms with van der Waals surface area (Å²) in [5.74, 6) is 1.07. The Hall–Kier alpha value is -3.50. The monoisotopic (exact) mass is 475 g/mol. The Morgan fingerprint density at radius 3 is 2.50 bits per heavy atom. The maximum atomic E-state index is 11.7. The first kappa shape index (κ1) is 21.8. The van der Waals surface area contributed by atoms with E-state index in [9.17, 15) is 10.1 Å². The maximum Gasteiger partial charge on any atom is 0.270 e. The van der Waals surface area contributed by atoms with Crippen LogP contribution in [-0.2, 0) is 17.8 Å². The molecular formula is C32H29NO3. The zero-order chi connectivity index (χ0) is 24.4. The Morgan fingerprint density at radius 2 is 1.69 bits per heavy atom. The van der Waals surface area contributed by atoms with E-state index in [2.05, 4.69) is 49.4 Å². The van der Waals surface area contributed by atoms with Crippen molar-refractivity contribution in [1.82, 2.24) is 0 Å². The van der Waals surface area contributed by atoms with Gasteiger partial charge in [0.15, 0.2) is 0 Å². The molecule has 4 nitrogen and oxygen atoms in total. The third-order valence-electron chi connectivity index (χ3n) is 8.77. The number of hydrogen-bond acceptors (Lipinski definition) is 3. The summed E-state index contributed by atoms with van der Waals surface area (Å²) in [4.78, 5) is 11.4. The second-order valence-corrected chi connectivity index (χ2v) is 10.7. The summed E-state index contributed by atoms with van der Waals surface area (Å²) in [5, 5.41) is 11.7. The molecule has 3 aromatic rings. The molecule has 0 heterocycles. The number of allylic oxidation sites excluding steroid dienone is 3. The molecular weight excluding hydrogens is 446 g/mol. The second kappa shape index (κ2) is 8.28. The Labute approximate surface area is 211 Å². The van der Waals surface area contributed by atoms with Crippen molar-refractivity contribution in [2.45, 2.75) is 51.7 Å². The van der Waals surface area contributed by atoms with Gasteiger partial charge in [-0.25, -0.2) is 0 Å². The van der Waals surface area contributed by atoms with Gasteiger partial charge < -0.3 is 4.74 Å². The Balaban J connectivity index is 1.45. The molecule has 0 amide bonds. The van der Waals surface area contributed by atoms with Gasteiger partial charge in [-0.15, -0.1) is 0 Å². The van der Waals surface area contributed by atoms with Gasteiger partial charge in [0.2, 0.25) is 0 Å². The van der Waals surface area contributed by atoms with Crippen LogP contribution in [0.3, 0.4) is 0 Å². The number of nitro benzene ring substituents is 1. The lowest BCUT2D eigenvalue weighted by molar-refractivity contribution is -0.384. The van der Waals surface area contributed by atoms with Crippen LogP contribution in [0.1, 0.15) is 59.1 Å². The van der Waals surface area contributed by atoms with Crippen molar-refractivity contribution in [2.24, 2.45) is 11.8 Å². The van der Waals surface area contributed by atoms with Gasteiger partial charge >= 0.3 is 0 Å². The van der Waals surface area contributed by atoms with E-state index < -0.39 is 0 Å². The van der Waals surface area contributed by atoms with Gasteiger partial charge in [-0.2, -0.15) is 0 Å². The number of aryl methyl sites for hydroxylation is 2. The third kappa shape index (κ3) is 3.24. The van der Waals surface area contributed by atoms with Crippen LogP contribution >= 0.6 is 0 Å². The molecule has 0 spiro atoms. The van der Waals surface area contributed by atoms with Gasteiger partial charge in [0.1, 0.15) is 0 Å². The van der Waals surface area contributed by atoms with E-state index in [1.165, 1.54) is 69.4 Å². The van der Waals surface area contributed by atoms with E-state index in [1.807, 2.05) is 18.2 Å². The molecule has 1 saturated carbocycles. The largest absolute Gasteiger partial charge is 0.369 e. The Morgan fingerprint density at radius 1 is 0.889 bits per heavy atom. The smallest absolute Gasteiger partial charge is 0.270 e. The van der Waals surface area contributed by atoms with Crippen molar-refractivity contribution >= 4 is 22.4 Å². The quantitative estimate of drug-likeness (QED) is 0.289. The van der Waals surface area contributed by atoms with Crippen LogP contribution in [0.2, 0.25) is 0 Å². The lowest BCUT2D eigenvalue weighted by atomic mass is 9.76. The van der Waals surface area contributed by atoms with Crippen LogP contribution in [0, 0.1) is 28.9 Å². The molecule has 4 aliphatic rings. The van der Waals surface area contributed by atoms with Crippen LogP contribution in [-0.4, -0.2) is 11.0 Å². The van der Waals surface area contributed by atoms with Gasteiger partial charge in [0, 0.05) is 12.1 Å². The van der Waals surface area contributed by atoms with Gasteiger partial charge in [0.05, 0.1) is 17.6 Å².